The summed E-state index contributed by atoms with van der Waals surface area (Å²) in [6, 6.07) is 6.37. The van der Waals surface area contributed by atoms with Gasteiger partial charge in [0.05, 0.1) is 23.4 Å². The van der Waals surface area contributed by atoms with Crippen molar-refractivity contribution in [3.8, 4) is 0 Å². The van der Waals surface area contributed by atoms with Gasteiger partial charge in [0.25, 0.3) is 0 Å². The van der Waals surface area contributed by atoms with Crippen molar-refractivity contribution in [3.63, 3.8) is 0 Å². The van der Waals surface area contributed by atoms with Gasteiger partial charge in [-0.25, -0.2) is 13.6 Å². The summed E-state index contributed by atoms with van der Waals surface area (Å²) in [5, 5.41) is 2.70. The van der Waals surface area contributed by atoms with E-state index in [4.69, 9.17) is 11.6 Å². The normalized spacial score (nSPS) is 10.3. The lowest BCUT2D eigenvalue weighted by atomic mass is 10.1. The summed E-state index contributed by atoms with van der Waals surface area (Å²) in [6.07, 6.45) is 0. The molecule has 0 unspecified atom stereocenters. The molecule has 0 amide bonds. The number of ether oxygens (including phenoxy) is 1. The topological polar surface area (TPSA) is 38.3 Å². The Labute approximate surface area is 125 Å². The number of esters is 1. The molecule has 110 valence electrons. The monoisotopic (exact) mass is 311 g/mol. The number of hydrogen-bond donors (Lipinski definition) is 1. The lowest BCUT2D eigenvalue weighted by Crippen LogP contribution is -2.07. The minimum absolute atomic E-state index is 0.0904. The van der Waals surface area contributed by atoms with E-state index < -0.39 is 11.8 Å². The number of carbonyl (C=O) groups excluding carboxylic acids is 1. The Bertz CT molecular complexity index is 704. The van der Waals surface area contributed by atoms with Crippen LogP contribution in [0, 0.1) is 18.6 Å². The highest BCUT2D eigenvalue weighted by Crippen LogP contribution is 2.29. The van der Waals surface area contributed by atoms with Crippen LogP contribution < -0.4 is 5.32 Å². The first-order chi connectivity index (χ1) is 9.92. The van der Waals surface area contributed by atoms with Crippen LogP contribution >= 0.6 is 11.6 Å². The van der Waals surface area contributed by atoms with Gasteiger partial charge in [-0.1, -0.05) is 11.6 Å². The summed E-state index contributed by atoms with van der Waals surface area (Å²) in [7, 11) is 1.21. The molecule has 0 saturated carbocycles. The summed E-state index contributed by atoms with van der Waals surface area (Å²) in [4.78, 5) is 11.7. The van der Waals surface area contributed by atoms with Crippen molar-refractivity contribution >= 4 is 28.9 Å². The Morgan fingerprint density at radius 2 is 1.90 bits per heavy atom. The predicted octanol–water partition coefficient (Wildman–Crippen LogP) is 4.46. The SMILES string of the molecule is COC(=O)c1cc(Cl)c(F)cc1Nc1ccc(F)cc1C. The van der Waals surface area contributed by atoms with Gasteiger partial charge >= 0.3 is 5.97 Å². The van der Waals surface area contributed by atoms with Gasteiger partial charge in [0.15, 0.2) is 0 Å². The second-order valence-electron chi connectivity index (χ2n) is 4.39. The van der Waals surface area contributed by atoms with Crippen molar-refractivity contribution in [1.29, 1.82) is 0 Å². The van der Waals surface area contributed by atoms with Crippen molar-refractivity contribution in [2.24, 2.45) is 0 Å². The zero-order chi connectivity index (χ0) is 15.6. The van der Waals surface area contributed by atoms with Crippen LogP contribution in [-0.4, -0.2) is 13.1 Å². The van der Waals surface area contributed by atoms with Crippen molar-refractivity contribution in [2.75, 3.05) is 12.4 Å². The molecule has 0 fully saturated rings. The van der Waals surface area contributed by atoms with Gasteiger partial charge in [-0.3, -0.25) is 0 Å². The molecule has 0 aliphatic rings. The molecule has 0 heterocycles. The third kappa shape index (κ3) is 3.31. The average molecular weight is 312 g/mol. The lowest BCUT2D eigenvalue weighted by molar-refractivity contribution is 0.0602. The Balaban J connectivity index is 2.47. The van der Waals surface area contributed by atoms with E-state index in [9.17, 15) is 13.6 Å². The van der Waals surface area contributed by atoms with Crippen molar-refractivity contribution in [1.82, 2.24) is 0 Å². The molecule has 0 radical (unpaired) electrons. The fourth-order valence-electron chi connectivity index (χ4n) is 1.84. The maximum absolute atomic E-state index is 13.6. The molecule has 2 aromatic rings. The average Bonchev–Trinajstić information content (AvgIpc) is 2.44. The summed E-state index contributed by atoms with van der Waals surface area (Å²) in [5.74, 6) is -1.71. The zero-order valence-corrected chi connectivity index (χ0v) is 12.1. The molecule has 0 atom stereocenters. The molecule has 0 spiro atoms. The molecule has 6 heteroatoms. The molecule has 1 N–H and O–H groups in total. The number of carbonyl (C=O) groups is 1. The van der Waals surface area contributed by atoms with E-state index in [1.165, 1.54) is 31.4 Å². The van der Waals surface area contributed by atoms with Crippen LogP contribution in [0.2, 0.25) is 5.02 Å². The maximum atomic E-state index is 13.6. The molecular formula is C15H12ClF2NO2. The van der Waals surface area contributed by atoms with Crippen LogP contribution in [0.5, 0.6) is 0 Å². The van der Waals surface area contributed by atoms with Crippen LogP contribution in [0.15, 0.2) is 30.3 Å². The van der Waals surface area contributed by atoms with Gasteiger partial charge in [-0.15, -0.1) is 0 Å². The summed E-state index contributed by atoms with van der Waals surface area (Å²) in [5.41, 5.74) is 1.44. The van der Waals surface area contributed by atoms with Gasteiger partial charge in [0.2, 0.25) is 0 Å². The van der Waals surface area contributed by atoms with Crippen molar-refractivity contribution in [2.45, 2.75) is 6.92 Å². The largest absolute Gasteiger partial charge is 0.465 e. The Hall–Kier alpha value is -2.14. The molecule has 21 heavy (non-hydrogen) atoms. The number of rotatable bonds is 3. The van der Waals surface area contributed by atoms with Gasteiger partial charge in [0, 0.05) is 5.69 Å². The molecule has 3 nitrogen and oxygen atoms in total. The van der Waals surface area contributed by atoms with E-state index in [0.717, 1.165) is 6.07 Å². The third-order valence-electron chi connectivity index (χ3n) is 2.92. The minimum atomic E-state index is -0.674. The molecule has 0 saturated heterocycles. The quantitative estimate of drug-likeness (QED) is 0.851. The van der Waals surface area contributed by atoms with Gasteiger partial charge in [-0.2, -0.15) is 0 Å². The number of aryl methyl sites for hydroxylation is 1. The first kappa shape index (κ1) is 15.3. The van der Waals surface area contributed by atoms with Crippen LogP contribution in [0.1, 0.15) is 15.9 Å². The first-order valence-corrected chi connectivity index (χ1v) is 6.40. The van der Waals surface area contributed by atoms with E-state index in [2.05, 4.69) is 10.1 Å². The molecule has 0 aromatic heterocycles. The first-order valence-electron chi connectivity index (χ1n) is 6.03. The number of nitrogens with one attached hydrogen (secondary N) is 1. The van der Waals surface area contributed by atoms with Crippen LogP contribution in [0.4, 0.5) is 20.2 Å². The van der Waals surface area contributed by atoms with Crippen LogP contribution in [0.3, 0.4) is 0 Å². The molecule has 0 bridgehead atoms. The molecule has 2 rings (SSSR count). The fraction of sp³-hybridized carbons (Fsp3) is 0.133. The van der Waals surface area contributed by atoms with Crippen molar-refractivity contribution in [3.05, 3.63) is 58.1 Å². The van der Waals surface area contributed by atoms with E-state index in [1.807, 2.05) is 0 Å². The van der Waals surface area contributed by atoms with Crippen LogP contribution in [0.25, 0.3) is 0 Å². The van der Waals surface area contributed by atoms with E-state index in [0.29, 0.717) is 11.3 Å². The van der Waals surface area contributed by atoms with E-state index in [-0.39, 0.29) is 22.1 Å². The van der Waals surface area contributed by atoms with Gasteiger partial charge in [-0.05, 0) is 42.8 Å². The second-order valence-corrected chi connectivity index (χ2v) is 4.79. The number of halogens is 3. The second kappa shape index (κ2) is 6.10. The van der Waals surface area contributed by atoms with E-state index in [1.54, 1.807) is 6.92 Å². The highest BCUT2D eigenvalue weighted by atomic mass is 35.5. The Kier molecular flexibility index (Phi) is 4.43. The lowest BCUT2D eigenvalue weighted by Gasteiger charge is -2.13. The van der Waals surface area contributed by atoms with E-state index >= 15 is 0 Å². The van der Waals surface area contributed by atoms with Crippen LogP contribution in [-0.2, 0) is 4.74 Å². The molecule has 0 aliphatic carbocycles. The molecular weight excluding hydrogens is 300 g/mol. The molecule has 2 aromatic carbocycles. The highest BCUT2D eigenvalue weighted by molar-refractivity contribution is 6.31. The fourth-order valence-corrected chi connectivity index (χ4v) is 2.01. The maximum Gasteiger partial charge on any atom is 0.340 e. The number of methoxy groups -OCH3 is 1. The predicted molar refractivity (Wildman–Crippen MR) is 77.2 cm³/mol. The standard InChI is InChI=1S/C15H12ClF2NO2/c1-8-5-9(17)3-4-13(8)19-14-7-12(18)11(16)6-10(14)15(20)21-2/h3-7,19H,1-2H3. The smallest absolute Gasteiger partial charge is 0.340 e. The minimum Gasteiger partial charge on any atom is -0.465 e. The number of benzene rings is 2. The van der Waals surface area contributed by atoms with Gasteiger partial charge in [0.1, 0.15) is 11.6 Å². The highest BCUT2D eigenvalue weighted by Gasteiger charge is 2.16. The Morgan fingerprint density at radius 1 is 1.19 bits per heavy atom. The summed E-state index contributed by atoms with van der Waals surface area (Å²) in [6.45, 7) is 1.69. The zero-order valence-electron chi connectivity index (χ0n) is 11.3. The summed E-state index contributed by atoms with van der Waals surface area (Å²) >= 11 is 5.68. The Morgan fingerprint density at radius 3 is 2.52 bits per heavy atom. The third-order valence-corrected chi connectivity index (χ3v) is 3.21. The van der Waals surface area contributed by atoms with Crippen molar-refractivity contribution < 1.29 is 18.3 Å². The molecule has 0 aliphatic heterocycles. The van der Waals surface area contributed by atoms with Gasteiger partial charge < -0.3 is 10.1 Å². The number of hydrogen-bond acceptors (Lipinski definition) is 3. The summed E-state index contributed by atoms with van der Waals surface area (Å²) < 4.78 is 31.3. The number of anilines is 2.